The molecule has 23 heavy (non-hydrogen) atoms. The van der Waals surface area contributed by atoms with Crippen molar-refractivity contribution in [3.63, 3.8) is 0 Å². The van der Waals surface area contributed by atoms with Crippen molar-refractivity contribution < 1.29 is 13.2 Å². The Morgan fingerprint density at radius 1 is 1.30 bits per heavy atom. The Labute approximate surface area is 135 Å². The van der Waals surface area contributed by atoms with Crippen LogP contribution in [-0.2, 0) is 9.84 Å². The monoisotopic (exact) mass is 338 g/mol. The fourth-order valence-corrected chi connectivity index (χ4v) is 2.69. The molecule has 0 radical (unpaired) electrons. The van der Waals surface area contributed by atoms with Crippen molar-refractivity contribution in [3.05, 3.63) is 30.1 Å². The molecule has 126 valence electrons. The lowest BCUT2D eigenvalue weighted by molar-refractivity contribution is 0.233. The van der Waals surface area contributed by atoms with Gasteiger partial charge in [0.1, 0.15) is 15.7 Å². The summed E-state index contributed by atoms with van der Waals surface area (Å²) in [5.74, 6) is 0.716. The molecule has 0 bridgehead atoms. The second-order valence-corrected chi connectivity index (χ2v) is 8.15. The first kappa shape index (κ1) is 17.3. The zero-order valence-corrected chi connectivity index (χ0v) is 14.3. The van der Waals surface area contributed by atoms with Crippen molar-refractivity contribution in [2.24, 2.45) is 5.92 Å². The van der Waals surface area contributed by atoms with Crippen molar-refractivity contribution >= 4 is 26.9 Å². The average Bonchev–Trinajstić information content (AvgIpc) is 2.86. The molecule has 0 spiro atoms. The normalized spacial score (nSPS) is 13.2. The van der Waals surface area contributed by atoms with E-state index in [2.05, 4.69) is 20.6 Å². The van der Waals surface area contributed by atoms with Gasteiger partial charge >= 0.3 is 6.03 Å². The van der Waals surface area contributed by atoms with E-state index >= 15 is 0 Å². The first-order valence-electron chi connectivity index (χ1n) is 7.43. The van der Waals surface area contributed by atoms with E-state index in [1.165, 1.54) is 0 Å². The zero-order chi connectivity index (χ0) is 17.0. The van der Waals surface area contributed by atoms with Crippen LogP contribution >= 0.6 is 0 Å². The van der Waals surface area contributed by atoms with Gasteiger partial charge in [-0.2, -0.15) is 0 Å². The Morgan fingerprint density at radius 3 is 2.61 bits per heavy atom. The largest absolute Gasteiger partial charge is 0.340 e. The van der Waals surface area contributed by atoms with Crippen molar-refractivity contribution in [2.45, 2.75) is 19.9 Å². The Kier molecular flexibility index (Phi) is 5.25. The average molecular weight is 338 g/mol. The van der Waals surface area contributed by atoms with E-state index in [0.29, 0.717) is 5.82 Å². The predicted octanol–water partition coefficient (Wildman–Crippen LogP) is 1.60. The number of amides is 2. The number of hydrogen-bond acceptors (Lipinski definition) is 4. The number of H-pyrrole nitrogens is 1. The summed E-state index contributed by atoms with van der Waals surface area (Å²) in [5, 5.41) is 5.40. The standard InChI is InChI=1S/C15H22N4O3S/c1-10(2)13(19-15(20)16-8-9-23(3,21)22)14-17-11-6-4-5-7-12(11)18-14/h4-7,10,13H,8-9H2,1-3H3,(H,17,18)(H2,16,19,20)/t13-/m1/s1. The van der Waals surface area contributed by atoms with Gasteiger partial charge in [0.2, 0.25) is 0 Å². The summed E-state index contributed by atoms with van der Waals surface area (Å²) in [4.78, 5) is 19.7. The molecule has 1 aromatic carbocycles. The van der Waals surface area contributed by atoms with Crippen LogP contribution in [0.15, 0.2) is 24.3 Å². The summed E-state index contributed by atoms with van der Waals surface area (Å²) in [7, 11) is -3.10. The van der Waals surface area contributed by atoms with Crippen LogP contribution in [0.1, 0.15) is 25.7 Å². The fraction of sp³-hybridized carbons (Fsp3) is 0.467. The van der Waals surface area contributed by atoms with Crippen molar-refractivity contribution in [1.82, 2.24) is 20.6 Å². The van der Waals surface area contributed by atoms with E-state index in [0.717, 1.165) is 17.3 Å². The highest BCUT2D eigenvalue weighted by molar-refractivity contribution is 7.90. The topological polar surface area (TPSA) is 104 Å². The summed E-state index contributed by atoms with van der Waals surface area (Å²) >= 11 is 0. The Hall–Kier alpha value is -2.09. The molecule has 7 nitrogen and oxygen atoms in total. The maximum Gasteiger partial charge on any atom is 0.315 e. The second-order valence-electron chi connectivity index (χ2n) is 5.89. The predicted molar refractivity (Wildman–Crippen MR) is 89.9 cm³/mol. The number of urea groups is 1. The Balaban J connectivity index is 2.05. The molecule has 0 unspecified atom stereocenters. The molecule has 1 aromatic heterocycles. The number of fused-ring (bicyclic) bond motifs is 1. The number of carbonyl (C=O) groups is 1. The number of hydrogen-bond donors (Lipinski definition) is 3. The van der Waals surface area contributed by atoms with E-state index in [-0.39, 0.29) is 24.3 Å². The Morgan fingerprint density at radius 2 is 2.00 bits per heavy atom. The number of carbonyl (C=O) groups excluding carboxylic acids is 1. The van der Waals surface area contributed by atoms with E-state index in [9.17, 15) is 13.2 Å². The summed E-state index contributed by atoms with van der Waals surface area (Å²) in [6, 6.07) is 6.95. The molecule has 2 rings (SSSR count). The molecule has 2 aromatic rings. The SMILES string of the molecule is CC(C)[C@@H](NC(=O)NCCS(C)(=O)=O)c1nc2ccccc2[nH]1. The molecule has 0 fully saturated rings. The van der Waals surface area contributed by atoms with Crippen LogP contribution in [-0.4, -0.2) is 43.0 Å². The minimum atomic E-state index is -3.10. The fourth-order valence-electron chi connectivity index (χ4n) is 2.21. The molecule has 3 N–H and O–H groups in total. The van der Waals surface area contributed by atoms with Gasteiger partial charge in [-0.1, -0.05) is 26.0 Å². The van der Waals surface area contributed by atoms with Gasteiger partial charge in [0.25, 0.3) is 0 Å². The van der Waals surface area contributed by atoms with E-state index in [4.69, 9.17) is 0 Å². The molecular formula is C15H22N4O3S. The maximum atomic E-state index is 12.0. The lowest BCUT2D eigenvalue weighted by atomic mass is 10.0. The summed E-state index contributed by atoms with van der Waals surface area (Å²) in [5.41, 5.74) is 1.75. The van der Waals surface area contributed by atoms with Crippen molar-refractivity contribution in [1.29, 1.82) is 0 Å². The number of para-hydroxylation sites is 2. The van der Waals surface area contributed by atoms with Gasteiger partial charge in [0, 0.05) is 12.8 Å². The van der Waals surface area contributed by atoms with Gasteiger partial charge in [-0.15, -0.1) is 0 Å². The van der Waals surface area contributed by atoms with Crippen molar-refractivity contribution in [3.8, 4) is 0 Å². The molecule has 2 amide bonds. The molecule has 1 heterocycles. The van der Waals surface area contributed by atoms with Crippen LogP contribution in [0.25, 0.3) is 11.0 Å². The lowest BCUT2D eigenvalue weighted by Gasteiger charge is -2.20. The van der Waals surface area contributed by atoms with Crippen LogP contribution in [0.5, 0.6) is 0 Å². The quantitative estimate of drug-likeness (QED) is 0.744. The number of sulfone groups is 1. The molecule has 1 atom stereocenters. The number of rotatable bonds is 6. The highest BCUT2D eigenvalue weighted by Crippen LogP contribution is 2.21. The van der Waals surface area contributed by atoms with E-state index in [1.54, 1.807) is 0 Å². The first-order valence-corrected chi connectivity index (χ1v) is 9.49. The number of nitrogens with one attached hydrogen (secondary N) is 3. The van der Waals surface area contributed by atoms with Crippen LogP contribution in [0, 0.1) is 5.92 Å². The van der Waals surface area contributed by atoms with E-state index in [1.807, 2.05) is 38.1 Å². The molecular weight excluding hydrogens is 316 g/mol. The second kappa shape index (κ2) is 6.99. The number of imidazole rings is 1. The molecule has 0 aliphatic carbocycles. The number of benzene rings is 1. The maximum absolute atomic E-state index is 12.0. The van der Waals surface area contributed by atoms with Crippen molar-refractivity contribution in [2.75, 3.05) is 18.6 Å². The van der Waals surface area contributed by atoms with Crippen LogP contribution < -0.4 is 10.6 Å². The third-order valence-electron chi connectivity index (χ3n) is 3.41. The summed E-state index contributed by atoms with van der Waals surface area (Å²) < 4.78 is 22.2. The molecule has 0 saturated heterocycles. The van der Waals surface area contributed by atoms with Crippen LogP contribution in [0.3, 0.4) is 0 Å². The number of aromatic nitrogens is 2. The Bertz CT molecular complexity index is 750. The van der Waals surface area contributed by atoms with Gasteiger partial charge in [-0.05, 0) is 18.1 Å². The number of nitrogens with zero attached hydrogens (tertiary/aromatic N) is 1. The smallest absolute Gasteiger partial charge is 0.315 e. The zero-order valence-electron chi connectivity index (χ0n) is 13.5. The molecule has 0 saturated carbocycles. The molecule has 8 heteroatoms. The first-order chi connectivity index (χ1) is 10.8. The third kappa shape index (κ3) is 4.95. The molecule has 0 aliphatic rings. The lowest BCUT2D eigenvalue weighted by Crippen LogP contribution is -2.41. The number of aromatic amines is 1. The van der Waals surface area contributed by atoms with Crippen LogP contribution in [0.2, 0.25) is 0 Å². The minimum absolute atomic E-state index is 0.0790. The van der Waals surface area contributed by atoms with Gasteiger partial charge in [-0.3, -0.25) is 0 Å². The molecule has 0 aliphatic heterocycles. The minimum Gasteiger partial charge on any atom is -0.340 e. The van der Waals surface area contributed by atoms with Crippen LogP contribution in [0.4, 0.5) is 4.79 Å². The van der Waals surface area contributed by atoms with Gasteiger partial charge < -0.3 is 15.6 Å². The van der Waals surface area contributed by atoms with E-state index < -0.39 is 15.9 Å². The van der Waals surface area contributed by atoms with Gasteiger partial charge in [0.15, 0.2) is 0 Å². The summed E-state index contributed by atoms with van der Waals surface area (Å²) in [6.45, 7) is 4.04. The highest BCUT2D eigenvalue weighted by Gasteiger charge is 2.21. The van der Waals surface area contributed by atoms with Gasteiger partial charge in [0.05, 0.1) is 22.8 Å². The third-order valence-corrected chi connectivity index (χ3v) is 4.36. The van der Waals surface area contributed by atoms with Gasteiger partial charge in [-0.25, -0.2) is 18.2 Å². The highest BCUT2D eigenvalue weighted by atomic mass is 32.2. The summed E-state index contributed by atoms with van der Waals surface area (Å²) in [6.07, 6.45) is 1.14.